The fourth-order valence-corrected chi connectivity index (χ4v) is 3.44. The third kappa shape index (κ3) is 4.16. The summed E-state index contributed by atoms with van der Waals surface area (Å²) in [6.45, 7) is 9.09. The highest BCUT2D eigenvalue weighted by Gasteiger charge is 2.32. The molecule has 0 bridgehead atoms. The summed E-state index contributed by atoms with van der Waals surface area (Å²) in [4.78, 5) is 21.3. The van der Waals surface area contributed by atoms with E-state index in [1.54, 1.807) is 7.05 Å². The number of hydrogen-bond acceptors (Lipinski definition) is 6. The van der Waals surface area contributed by atoms with Crippen LogP contribution in [0.3, 0.4) is 0 Å². The maximum absolute atomic E-state index is 11.9. The number of carbonyl (C=O) groups is 1. The summed E-state index contributed by atoms with van der Waals surface area (Å²) in [5.41, 5.74) is 1.65. The van der Waals surface area contributed by atoms with Crippen LogP contribution in [-0.4, -0.2) is 67.8 Å². The molecule has 0 saturated carbocycles. The van der Waals surface area contributed by atoms with Gasteiger partial charge in [-0.2, -0.15) is 0 Å². The van der Waals surface area contributed by atoms with Crippen LogP contribution >= 0.6 is 0 Å². The van der Waals surface area contributed by atoms with E-state index in [0.717, 1.165) is 45.0 Å². The minimum atomic E-state index is -0.137. The molecule has 3 heterocycles. The fourth-order valence-electron chi connectivity index (χ4n) is 3.44. The predicted molar refractivity (Wildman–Crippen MR) is 103 cm³/mol. The number of rotatable bonds is 6. The molecule has 0 spiro atoms. The van der Waals surface area contributed by atoms with E-state index >= 15 is 0 Å². The molecule has 142 valence electrons. The van der Waals surface area contributed by atoms with Gasteiger partial charge in [0.1, 0.15) is 11.5 Å². The van der Waals surface area contributed by atoms with E-state index in [4.69, 9.17) is 4.74 Å². The van der Waals surface area contributed by atoms with E-state index in [1.807, 2.05) is 25.3 Å². The molecule has 1 atom stereocenters. The molecule has 7 heteroatoms. The van der Waals surface area contributed by atoms with Gasteiger partial charge in [-0.1, -0.05) is 13.0 Å². The number of likely N-dealkylation sites (N-methyl/N-ethyl adjacent to an activating group) is 1. The molecule has 0 aliphatic carbocycles. The van der Waals surface area contributed by atoms with Crippen LogP contribution in [0.15, 0.2) is 30.1 Å². The van der Waals surface area contributed by atoms with Crippen LogP contribution in [0.1, 0.15) is 20.3 Å². The number of anilines is 2. The number of allylic oxidation sites excluding steroid dienone is 1. The molecule has 2 N–H and O–H groups in total. The molecule has 7 nitrogen and oxygen atoms in total. The quantitative estimate of drug-likeness (QED) is 0.749. The number of amides is 1. The van der Waals surface area contributed by atoms with Gasteiger partial charge in [0, 0.05) is 32.7 Å². The highest BCUT2D eigenvalue weighted by atomic mass is 16.5. The molecule has 2 aliphatic heterocycles. The van der Waals surface area contributed by atoms with Crippen LogP contribution in [0.4, 0.5) is 11.5 Å². The highest BCUT2D eigenvalue weighted by Crippen LogP contribution is 2.23. The molecular weight excluding hydrogens is 330 g/mol. The van der Waals surface area contributed by atoms with Gasteiger partial charge in [-0.15, -0.1) is 0 Å². The van der Waals surface area contributed by atoms with E-state index < -0.39 is 0 Å². The Hall–Kier alpha value is -2.12. The molecule has 1 aromatic heterocycles. The van der Waals surface area contributed by atoms with Crippen molar-refractivity contribution < 1.29 is 9.53 Å². The van der Waals surface area contributed by atoms with E-state index in [1.165, 1.54) is 0 Å². The van der Waals surface area contributed by atoms with Gasteiger partial charge in [0.15, 0.2) is 0 Å². The van der Waals surface area contributed by atoms with Gasteiger partial charge in [0.25, 0.3) is 5.91 Å². The third-order valence-corrected chi connectivity index (χ3v) is 5.02. The second-order valence-electron chi connectivity index (χ2n) is 6.86. The third-order valence-electron chi connectivity index (χ3n) is 5.02. The Morgan fingerprint density at radius 2 is 2.19 bits per heavy atom. The molecule has 1 amide bonds. The largest absolute Gasteiger partial charge is 0.378 e. The van der Waals surface area contributed by atoms with Crippen molar-refractivity contribution in [2.75, 3.05) is 50.1 Å². The van der Waals surface area contributed by atoms with Gasteiger partial charge < -0.3 is 20.3 Å². The fraction of sp³-hybridized carbons (Fsp3) is 0.579. The first-order chi connectivity index (χ1) is 12.6. The van der Waals surface area contributed by atoms with Crippen LogP contribution in [0, 0.1) is 0 Å². The molecule has 0 radical (unpaired) electrons. The van der Waals surface area contributed by atoms with Crippen LogP contribution in [-0.2, 0) is 9.53 Å². The smallest absolute Gasteiger partial charge is 0.267 e. The standard InChI is InChI=1S/C19H29N5O2/c1-4-5-17(19(25)20-3)22-18-7-6-15(10-21-18)24-9-8-23(11-14(24)2)16-12-26-13-16/h5-7,10,14,16H,4,8-9,11-13H2,1-3H3,(H,20,25)(H,21,22)/b17-5+/t14-/m0/s1. The summed E-state index contributed by atoms with van der Waals surface area (Å²) in [5.74, 6) is 0.539. The van der Waals surface area contributed by atoms with Gasteiger partial charge in [0.2, 0.25) is 0 Å². The SMILES string of the molecule is CC/C=C(/Nc1ccc(N2CCN(C3COC3)C[C@@H]2C)cn1)C(=O)NC. The van der Waals surface area contributed by atoms with Crippen LogP contribution < -0.4 is 15.5 Å². The predicted octanol–water partition coefficient (Wildman–Crippen LogP) is 1.44. The molecule has 3 rings (SSSR count). The van der Waals surface area contributed by atoms with Crippen molar-refractivity contribution in [3.05, 3.63) is 30.1 Å². The van der Waals surface area contributed by atoms with Crippen molar-refractivity contribution in [3.63, 3.8) is 0 Å². The Bertz CT molecular complexity index is 642. The number of hydrogen-bond donors (Lipinski definition) is 2. The Morgan fingerprint density at radius 3 is 2.73 bits per heavy atom. The number of nitrogens with zero attached hydrogens (tertiary/aromatic N) is 3. The molecule has 0 unspecified atom stereocenters. The number of ether oxygens (including phenoxy) is 1. The van der Waals surface area contributed by atoms with Gasteiger partial charge in [0.05, 0.1) is 31.1 Å². The van der Waals surface area contributed by atoms with Crippen LogP contribution in [0.25, 0.3) is 0 Å². The Balaban J connectivity index is 1.62. The number of piperazine rings is 1. The number of aromatic nitrogens is 1. The molecular formula is C19H29N5O2. The van der Waals surface area contributed by atoms with E-state index in [-0.39, 0.29) is 5.91 Å². The Morgan fingerprint density at radius 1 is 1.38 bits per heavy atom. The van der Waals surface area contributed by atoms with Gasteiger partial charge in [-0.25, -0.2) is 4.98 Å². The molecule has 2 aliphatic rings. The van der Waals surface area contributed by atoms with Gasteiger partial charge >= 0.3 is 0 Å². The molecule has 0 aromatic carbocycles. The normalized spacial score (nSPS) is 22.0. The summed E-state index contributed by atoms with van der Waals surface area (Å²) < 4.78 is 5.32. The summed E-state index contributed by atoms with van der Waals surface area (Å²) in [6, 6.07) is 5.03. The van der Waals surface area contributed by atoms with Gasteiger partial charge in [-0.05, 0) is 25.5 Å². The van der Waals surface area contributed by atoms with Crippen molar-refractivity contribution in [2.45, 2.75) is 32.4 Å². The minimum Gasteiger partial charge on any atom is -0.378 e. The lowest BCUT2D eigenvalue weighted by Gasteiger charge is -2.46. The number of carbonyl (C=O) groups excluding carboxylic acids is 1. The summed E-state index contributed by atoms with van der Waals surface area (Å²) >= 11 is 0. The number of nitrogens with one attached hydrogen (secondary N) is 2. The Labute approximate surface area is 155 Å². The van der Waals surface area contributed by atoms with Crippen molar-refractivity contribution >= 4 is 17.4 Å². The van der Waals surface area contributed by atoms with E-state index in [2.05, 4.69) is 38.4 Å². The van der Waals surface area contributed by atoms with Crippen molar-refractivity contribution in [3.8, 4) is 0 Å². The first kappa shape index (κ1) is 18.7. The second-order valence-corrected chi connectivity index (χ2v) is 6.86. The van der Waals surface area contributed by atoms with E-state index in [0.29, 0.717) is 23.6 Å². The first-order valence-corrected chi connectivity index (χ1v) is 9.36. The second kappa shape index (κ2) is 8.51. The molecule has 2 saturated heterocycles. The van der Waals surface area contributed by atoms with E-state index in [9.17, 15) is 4.79 Å². The summed E-state index contributed by atoms with van der Waals surface area (Å²) in [6.07, 6.45) is 4.52. The van der Waals surface area contributed by atoms with Crippen LogP contribution in [0.5, 0.6) is 0 Å². The number of pyridine rings is 1. The maximum atomic E-state index is 11.9. The topological polar surface area (TPSA) is 69.7 Å². The lowest BCUT2D eigenvalue weighted by atomic mass is 10.1. The zero-order valence-corrected chi connectivity index (χ0v) is 15.9. The monoisotopic (exact) mass is 359 g/mol. The minimum absolute atomic E-state index is 0.137. The zero-order valence-electron chi connectivity index (χ0n) is 15.9. The molecule has 2 fully saturated rings. The van der Waals surface area contributed by atoms with Crippen molar-refractivity contribution in [1.29, 1.82) is 0 Å². The summed E-state index contributed by atoms with van der Waals surface area (Å²) in [5, 5.41) is 5.75. The van der Waals surface area contributed by atoms with Crippen molar-refractivity contribution in [2.24, 2.45) is 0 Å². The molecule has 1 aromatic rings. The Kier molecular flexibility index (Phi) is 6.11. The lowest BCUT2D eigenvalue weighted by Crippen LogP contribution is -2.59. The average Bonchev–Trinajstić information content (AvgIpc) is 2.60. The average molecular weight is 359 g/mol. The van der Waals surface area contributed by atoms with Crippen molar-refractivity contribution in [1.82, 2.24) is 15.2 Å². The lowest BCUT2D eigenvalue weighted by molar-refractivity contribution is -0.116. The van der Waals surface area contributed by atoms with Gasteiger partial charge in [-0.3, -0.25) is 9.69 Å². The zero-order chi connectivity index (χ0) is 18.5. The molecule has 26 heavy (non-hydrogen) atoms. The van der Waals surface area contributed by atoms with Crippen LogP contribution in [0.2, 0.25) is 0 Å². The highest BCUT2D eigenvalue weighted by molar-refractivity contribution is 5.95. The summed E-state index contributed by atoms with van der Waals surface area (Å²) in [7, 11) is 1.63. The first-order valence-electron chi connectivity index (χ1n) is 9.36. The maximum Gasteiger partial charge on any atom is 0.267 e.